The predicted molar refractivity (Wildman–Crippen MR) is 79.0 cm³/mol. The van der Waals surface area contributed by atoms with Crippen molar-refractivity contribution in [3.05, 3.63) is 29.0 Å². The zero-order valence-corrected chi connectivity index (χ0v) is 13.0. The molecule has 0 amide bonds. The molecular weight excluding hydrogens is 298 g/mol. The molecule has 2 atom stereocenters. The highest BCUT2D eigenvalue weighted by Gasteiger charge is 2.18. The van der Waals surface area contributed by atoms with Crippen LogP contribution in [0, 0.1) is 5.92 Å². The quantitative estimate of drug-likeness (QED) is 0.625. The predicted octanol–water partition coefficient (Wildman–Crippen LogP) is 5.26. The van der Waals surface area contributed by atoms with E-state index in [-0.39, 0.29) is 0 Å². The number of halogens is 2. The number of unbranched alkanes of at least 4 members (excludes halogenated alkanes) is 1. The zero-order chi connectivity index (χ0) is 12.7. The highest BCUT2D eigenvalue weighted by Crippen LogP contribution is 2.27. The van der Waals surface area contributed by atoms with Gasteiger partial charge in [0.15, 0.2) is 0 Å². The molecule has 96 valence electrons. The van der Waals surface area contributed by atoms with Crippen LogP contribution < -0.4 is 0 Å². The van der Waals surface area contributed by atoms with Gasteiger partial charge in [-0.3, -0.25) is 4.98 Å². The molecular formula is C14H21BrClN. The molecule has 0 aromatic carbocycles. The third kappa shape index (κ3) is 4.97. The van der Waals surface area contributed by atoms with Crippen LogP contribution in [0.5, 0.6) is 0 Å². The van der Waals surface area contributed by atoms with Crippen LogP contribution >= 0.6 is 27.5 Å². The highest BCUT2D eigenvalue weighted by atomic mass is 79.9. The smallest absolute Gasteiger partial charge is 0.0621 e. The Labute approximate surface area is 118 Å². The van der Waals surface area contributed by atoms with Crippen molar-refractivity contribution in [3.63, 3.8) is 0 Å². The first-order valence-electron chi connectivity index (χ1n) is 6.41. The summed E-state index contributed by atoms with van der Waals surface area (Å²) in [5, 5.41) is 0.780. The van der Waals surface area contributed by atoms with E-state index in [1.165, 1.54) is 31.2 Å². The van der Waals surface area contributed by atoms with Gasteiger partial charge in [-0.1, -0.05) is 60.6 Å². The molecule has 0 saturated carbocycles. The summed E-state index contributed by atoms with van der Waals surface area (Å²) in [6, 6.07) is 2.02. The van der Waals surface area contributed by atoms with Crippen molar-refractivity contribution >= 4 is 27.5 Å². The Hall–Kier alpha value is -0.0800. The molecule has 17 heavy (non-hydrogen) atoms. The van der Waals surface area contributed by atoms with Crippen molar-refractivity contribution in [2.24, 2.45) is 5.92 Å². The molecule has 1 rings (SSSR count). The first-order chi connectivity index (χ1) is 8.19. The van der Waals surface area contributed by atoms with Crippen LogP contribution in [0.2, 0.25) is 5.02 Å². The van der Waals surface area contributed by atoms with Gasteiger partial charge in [0.2, 0.25) is 0 Å². The molecule has 1 aromatic heterocycles. The van der Waals surface area contributed by atoms with Gasteiger partial charge in [-0.05, 0) is 30.4 Å². The Morgan fingerprint density at radius 1 is 1.41 bits per heavy atom. The normalized spacial score (nSPS) is 14.6. The van der Waals surface area contributed by atoms with E-state index in [1.54, 1.807) is 6.20 Å². The number of hydrogen-bond donors (Lipinski definition) is 0. The SMILES string of the molecule is CCCCC(CC)C(Br)Cc1ccncc1Cl. The monoisotopic (exact) mass is 317 g/mol. The van der Waals surface area contributed by atoms with Gasteiger partial charge in [-0.15, -0.1) is 0 Å². The van der Waals surface area contributed by atoms with Crippen LogP contribution in [-0.2, 0) is 6.42 Å². The molecule has 2 unspecified atom stereocenters. The van der Waals surface area contributed by atoms with E-state index in [4.69, 9.17) is 11.6 Å². The fourth-order valence-electron chi connectivity index (χ4n) is 2.05. The van der Waals surface area contributed by atoms with E-state index in [2.05, 4.69) is 34.8 Å². The summed E-state index contributed by atoms with van der Waals surface area (Å²) in [6.45, 7) is 4.51. The third-order valence-corrected chi connectivity index (χ3v) is 4.65. The van der Waals surface area contributed by atoms with Gasteiger partial charge in [0.25, 0.3) is 0 Å². The summed E-state index contributed by atoms with van der Waals surface area (Å²) >= 11 is 9.96. The minimum atomic E-state index is 0.513. The van der Waals surface area contributed by atoms with Crippen LogP contribution in [0.15, 0.2) is 18.5 Å². The Bertz CT molecular complexity index is 330. The van der Waals surface area contributed by atoms with Crippen LogP contribution in [0.1, 0.15) is 45.1 Å². The van der Waals surface area contributed by atoms with E-state index in [0.717, 1.165) is 17.4 Å². The van der Waals surface area contributed by atoms with Gasteiger partial charge in [0.1, 0.15) is 0 Å². The summed E-state index contributed by atoms with van der Waals surface area (Å²) in [7, 11) is 0. The minimum Gasteiger partial charge on any atom is -0.263 e. The summed E-state index contributed by atoms with van der Waals surface area (Å²) in [5.41, 5.74) is 1.19. The number of hydrogen-bond acceptors (Lipinski definition) is 1. The maximum absolute atomic E-state index is 6.14. The average Bonchev–Trinajstić information content (AvgIpc) is 2.33. The van der Waals surface area contributed by atoms with E-state index >= 15 is 0 Å². The van der Waals surface area contributed by atoms with Gasteiger partial charge >= 0.3 is 0 Å². The number of nitrogens with zero attached hydrogens (tertiary/aromatic N) is 1. The fraction of sp³-hybridized carbons (Fsp3) is 0.643. The van der Waals surface area contributed by atoms with Crippen LogP contribution in [0.25, 0.3) is 0 Å². The molecule has 0 N–H and O–H groups in total. The second-order valence-electron chi connectivity index (χ2n) is 4.50. The summed E-state index contributed by atoms with van der Waals surface area (Å²) < 4.78 is 0. The lowest BCUT2D eigenvalue weighted by molar-refractivity contribution is 0.437. The van der Waals surface area contributed by atoms with Crippen molar-refractivity contribution in [2.75, 3.05) is 0 Å². The Kier molecular flexibility index (Phi) is 7.14. The summed E-state index contributed by atoms with van der Waals surface area (Å²) in [6.07, 6.45) is 9.63. The summed E-state index contributed by atoms with van der Waals surface area (Å²) in [5.74, 6) is 0.735. The van der Waals surface area contributed by atoms with Crippen LogP contribution in [0.4, 0.5) is 0 Å². The molecule has 0 aliphatic heterocycles. The molecule has 1 aromatic rings. The first kappa shape index (κ1) is 15.0. The first-order valence-corrected chi connectivity index (χ1v) is 7.70. The Morgan fingerprint density at radius 3 is 2.76 bits per heavy atom. The van der Waals surface area contributed by atoms with Gasteiger partial charge in [0, 0.05) is 17.2 Å². The van der Waals surface area contributed by atoms with E-state index < -0.39 is 0 Å². The second-order valence-corrected chi connectivity index (χ2v) is 6.08. The Morgan fingerprint density at radius 2 is 2.18 bits per heavy atom. The van der Waals surface area contributed by atoms with Gasteiger partial charge < -0.3 is 0 Å². The van der Waals surface area contributed by atoms with Crippen molar-refractivity contribution in [1.82, 2.24) is 4.98 Å². The summed E-state index contributed by atoms with van der Waals surface area (Å²) in [4.78, 5) is 4.53. The number of aromatic nitrogens is 1. The van der Waals surface area contributed by atoms with Crippen molar-refractivity contribution < 1.29 is 0 Å². The largest absolute Gasteiger partial charge is 0.263 e. The van der Waals surface area contributed by atoms with Crippen LogP contribution in [-0.4, -0.2) is 9.81 Å². The van der Waals surface area contributed by atoms with Crippen molar-refractivity contribution in [2.45, 2.75) is 50.8 Å². The van der Waals surface area contributed by atoms with Crippen LogP contribution in [0.3, 0.4) is 0 Å². The zero-order valence-electron chi connectivity index (χ0n) is 10.6. The minimum absolute atomic E-state index is 0.513. The standard InChI is InChI=1S/C14H21BrClN/c1-3-5-6-11(4-2)13(15)9-12-7-8-17-10-14(12)16/h7-8,10-11,13H,3-6,9H2,1-2H3. The van der Waals surface area contributed by atoms with Crippen molar-refractivity contribution in [3.8, 4) is 0 Å². The van der Waals surface area contributed by atoms with E-state index in [1.807, 2.05) is 12.3 Å². The molecule has 0 saturated heterocycles. The lowest BCUT2D eigenvalue weighted by Crippen LogP contribution is -2.16. The lowest BCUT2D eigenvalue weighted by atomic mass is 9.92. The Balaban J connectivity index is 2.57. The van der Waals surface area contributed by atoms with Gasteiger partial charge in [0.05, 0.1) is 5.02 Å². The number of rotatable bonds is 7. The van der Waals surface area contributed by atoms with E-state index in [9.17, 15) is 0 Å². The second kappa shape index (κ2) is 8.10. The molecule has 1 heterocycles. The van der Waals surface area contributed by atoms with Crippen molar-refractivity contribution in [1.29, 1.82) is 0 Å². The topological polar surface area (TPSA) is 12.9 Å². The number of alkyl halides is 1. The molecule has 3 heteroatoms. The molecule has 0 fully saturated rings. The molecule has 0 aliphatic carbocycles. The maximum atomic E-state index is 6.14. The third-order valence-electron chi connectivity index (χ3n) is 3.24. The van der Waals surface area contributed by atoms with E-state index in [0.29, 0.717) is 4.83 Å². The highest BCUT2D eigenvalue weighted by molar-refractivity contribution is 9.09. The average molecular weight is 319 g/mol. The molecule has 0 spiro atoms. The molecule has 1 nitrogen and oxygen atoms in total. The molecule has 0 radical (unpaired) electrons. The maximum Gasteiger partial charge on any atom is 0.0621 e. The number of pyridine rings is 1. The molecule has 0 aliphatic rings. The lowest BCUT2D eigenvalue weighted by Gasteiger charge is -2.21. The van der Waals surface area contributed by atoms with Gasteiger partial charge in [-0.2, -0.15) is 0 Å². The van der Waals surface area contributed by atoms with Gasteiger partial charge in [-0.25, -0.2) is 0 Å². The fourth-order valence-corrected chi connectivity index (χ4v) is 3.24. The molecule has 0 bridgehead atoms.